The van der Waals surface area contributed by atoms with Gasteiger partial charge >= 0.3 is 0 Å². The zero-order chi connectivity index (χ0) is 16.1. The summed E-state index contributed by atoms with van der Waals surface area (Å²) in [5.41, 5.74) is 0.898. The summed E-state index contributed by atoms with van der Waals surface area (Å²) < 4.78 is 12.1. The van der Waals surface area contributed by atoms with E-state index >= 15 is 0 Å². The van der Waals surface area contributed by atoms with Gasteiger partial charge < -0.3 is 19.4 Å². The second-order valence-corrected chi connectivity index (χ2v) is 5.74. The monoisotopic (exact) mass is 383 g/mol. The van der Waals surface area contributed by atoms with E-state index in [0.29, 0.717) is 12.4 Å². The summed E-state index contributed by atoms with van der Waals surface area (Å²) >= 11 is 9.47. The lowest BCUT2D eigenvalue weighted by Crippen LogP contribution is -2.22. The fourth-order valence-electron chi connectivity index (χ4n) is 1.82. The smallest absolute Gasteiger partial charge is 0.180 e. The number of ether oxygens (including phenoxy) is 2. The quantitative estimate of drug-likeness (QED) is 0.765. The van der Waals surface area contributed by atoms with Crippen molar-refractivity contribution in [1.29, 1.82) is 0 Å². The van der Waals surface area contributed by atoms with Crippen molar-refractivity contribution in [3.8, 4) is 11.5 Å². The van der Waals surface area contributed by atoms with Gasteiger partial charge in [0.05, 0.1) is 17.6 Å². The van der Waals surface area contributed by atoms with Gasteiger partial charge in [0.1, 0.15) is 6.61 Å². The zero-order valence-electron chi connectivity index (χ0n) is 11.8. The Bertz CT molecular complexity index is 671. The van der Waals surface area contributed by atoms with E-state index in [1.807, 2.05) is 24.3 Å². The molecule has 0 amide bonds. The van der Waals surface area contributed by atoms with E-state index in [1.54, 1.807) is 6.92 Å². The molecular formula is C16H13BrClO4-. The number of halogens is 2. The number of carboxylic acid groups (broad SMARTS) is 1. The van der Waals surface area contributed by atoms with Crippen LogP contribution in [0.4, 0.5) is 0 Å². The third kappa shape index (κ3) is 4.15. The Labute approximate surface area is 141 Å². The van der Waals surface area contributed by atoms with Crippen LogP contribution in [0.15, 0.2) is 40.9 Å². The van der Waals surface area contributed by atoms with Crippen LogP contribution in [0.5, 0.6) is 11.5 Å². The van der Waals surface area contributed by atoms with Gasteiger partial charge in [-0.15, -0.1) is 0 Å². The number of rotatable bonds is 6. The van der Waals surface area contributed by atoms with E-state index in [1.165, 1.54) is 12.1 Å². The average Bonchev–Trinajstić information content (AvgIpc) is 2.48. The topological polar surface area (TPSA) is 58.6 Å². The van der Waals surface area contributed by atoms with E-state index < -0.39 is 5.97 Å². The number of carbonyl (C=O) groups excluding carboxylic acids is 1. The summed E-state index contributed by atoms with van der Waals surface area (Å²) in [6.07, 6.45) is 0. The molecule has 0 fully saturated rings. The van der Waals surface area contributed by atoms with Crippen molar-refractivity contribution in [1.82, 2.24) is 0 Å². The second-order valence-electron chi connectivity index (χ2n) is 4.42. The minimum absolute atomic E-state index is 0.0514. The van der Waals surface area contributed by atoms with E-state index in [0.717, 1.165) is 10.0 Å². The molecule has 22 heavy (non-hydrogen) atoms. The van der Waals surface area contributed by atoms with Crippen molar-refractivity contribution in [2.45, 2.75) is 13.5 Å². The third-order valence-corrected chi connectivity index (χ3v) is 3.65. The number of hydrogen-bond acceptors (Lipinski definition) is 4. The molecule has 116 valence electrons. The van der Waals surface area contributed by atoms with Crippen LogP contribution in [-0.4, -0.2) is 12.6 Å². The van der Waals surface area contributed by atoms with Crippen LogP contribution in [0.25, 0.3) is 0 Å². The highest BCUT2D eigenvalue weighted by Gasteiger charge is 2.13. The Kier molecular flexibility index (Phi) is 5.69. The number of carboxylic acids is 1. The molecule has 0 spiro atoms. The highest BCUT2D eigenvalue weighted by atomic mass is 79.9. The van der Waals surface area contributed by atoms with E-state index in [-0.39, 0.29) is 22.9 Å². The van der Waals surface area contributed by atoms with Crippen LogP contribution < -0.4 is 14.6 Å². The fourth-order valence-corrected chi connectivity index (χ4v) is 2.35. The Balaban J connectivity index is 2.25. The van der Waals surface area contributed by atoms with Crippen molar-refractivity contribution >= 4 is 33.5 Å². The van der Waals surface area contributed by atoms with Crippen LogP contribution in [0.3, 0.4) is 0 Å². The summed E-state index contributed by atoms with van der Waals surface area (Å²) in [6.45, 7) is 2.44. The Morgan fingerprint density at radius 2 is 1.91 bits per heavy atom. The molecule has 0 radical (unpaired) electrons. The molecule has 6 heteroatoms. The molecular weight excluding hydrogens is 372 g/mol. The summed E-state index contributed by atoms with van der Waals surface area (Å²) in [7, 11) is 0. The van der Waals surface area contributed by atoms with Crippen molar-refractivity contribution in [3.63, 3.8) is 0 Å². The lowest BCUT2D eigenvalue weighted by atomic mass is 10.2. The molecule has 0 N–H and O–H groups in total. The molecule has 0 bridgehead atoms. The van der Waals surface area contributed by atoms with Crippen LogP contribution in [0.2, 0.25) is 5.02 Å². The molecule has 0 saturated heterocycles. The van der Waals surface area contributed by atoms with Gasteiger partial charge in [0.25, 0.3) is 0 Å². The molecule has 0 aliphatic rings. The molecule has 0 heterocycles. The normalized spacial score (nSPS) is 10.3. The summed E-state index contributed by atoms with van der Waals surface area (Å²) in [6, 6.07) is 10.3. The van der Waals surface area contributed by atoms with Gasteiger partial charge in [-0.1, -0.05) is 39.7 Å². The number of carbonyl (C=O) groups is 1. The van der Waals surface area contributed by atoms with Gasteiger partial charge in [0, 0.05) is 10.0 Å². The predicted octanol–water partition coefficient (Wildman–Crippen LogP) is 3.44. The minimum Gasteiger partial charge on any atom is -0.545 e. The average molecular weight is 385 g/mol. The second kappa shape index (κ2) is 7.51. The van der Waals surface area contributed by atoms with E-state index in [9.17, 15) is 9.90 Å². The number of aromatic carboxylic acids is 1. The molecule has 0 aliphatic carbocycles. The molecule has 2 aromatic rings. The van der Waals surface area contributed by atoms with Crippen molar-refractivity contribution in [2.75, 3.05) is 6.61 Å². The minimum atomic E-state index is -1.32. The van der Waals surface area contributed by atoms with Crippen LogP contribution in [0.1, 0.15) is 22.8 Å². The maximum atomic E-state index is 11.0. The maximum absolute atomic E-state index is 11.0. The summed E-state index contributed by atoms with van der Waals surface area (Å²) in [4.78, 5) is 11.0. The first-order valence-electron chi connectivity index (χ1n) is 6.56. The predicted molar refractivity (Wildman–Crippen MR) is 85.4 cm³/mol. The van der Waals surface area contributed by atoms with E-state index in [2.05, 4.69) is 15.9 Å². The first kappa shape index (κ1) is 16.6. The molecule has 0 saturated carbocycles. The number of hydrogen-bond donors (Lipinski definition) is 0. The molecule has 2 rings (SSSR count). The van der Waals surface area contributed by atoms with E-state index in [4.69, 9.17) is 21.1 Å². The van der Waals surface area contributed by atoms with Crippen LogP contribution in [0, 0.1) is 0 Å². The van der Waals surface area contributed by atoms with Crippen LogP contribution >= 0.6 is 27.5 Å². The summed E-state index contributed by atoms with van der Waals surface area (Å²) in [5, 5.41) is 11.1. The lowest BCUT2D eigenvalue weighted by Gasteiger charge is -2.15. The molecule has 4 nitrogen and oxygen atoms in total. The number of benzene rings is 2. The molecule has 0 unspecified atom stereocenters. The van der Waals surface area contributed by atoms with Gasteiger partial charge in [-0.05, 0) is 36.8 Å². The van der Waals surface area contributed by atoms with Gasteiger partial charge in [0.15, 0.2) is 11.5 Å². The van der Waals surface area contributed by atoms with Gasteiger partial charge in [-0.3, -0.25) is 0 Å². The zero-order valence-corrected chi connectivity index (χ0v) is 14.1. The van der Waals surface area contributed by atoms with Crippen molar-refractivity contribution < 1.29 is 19.4 Å². The molecule has 0 atom stereocenters. The van der Waals surface area contributed by atoms with Crippen molar-refractivity contribution in [2.24, 2.45) is 0 Å². The highest BCUT2D eigenvalue weighted by Crippen LogP contribution is 2.37. The Morgan fingerprint density at radius 3 is 2.50 bits per heavy atom. The Hall–Kier alpha value is -1.72. The highest BCUT2D eigenvalue weighted by molar-refractivity contribution is 9.10. The SMILES string of the molecule is CCOc1cc(C(=O)[O-])cc(Cl)c1OCc1ccc(Br)cc1. The first-order chi connectivity index (χ1) is 10.5. The molecule has 0 aromatic heterocycles. The van der Waals surface area contributed by atoms with Gasteiger partial charge in [0.2, 0.25) is 0 Å². The molecule has 0 aliphatic heterocycles. The standard InChI is InChI=1S/C16H14BrClO4/c1-2-21-14-8-11(16(19)20)7-13(18)15(14)22-9-10-3-5-12(17)6-4-10/h3-8H,2,9H2,1H3,(H,19,20)/p-1. The first-order valence-corrected chi connectivity index (χ1v) is 7.73. The van der Waals surface area contributed by atoms with Gasteiger partial charge in [-0.2, -0.15) is 0 Å². The third-order valence-electron chi connectivity index (χ3n) is 2.84. The van der Waals surface area contributed by atoms with Crippen molar-refractivity contribution in [3.05, 3.63) is 57.0 Å². The molecule has 2 aromatic carbocycles. The fraction of sp³-hybridized carbons (Fsp3) is 0.188. The van der Waals surface area contributed by atoms with Gasteiger partial charge in [-0.25, -0.2) is 0 Å². The maximum Gasteiger partial charge on any atom is 0.180 e. The summed E-state index contributed by atoms with van der Waals surface area (Å²) in [5.74, 6) is -0.718. The van der Waals surface area contributed by atoms with Crippen LogP contribution in [-0.2, 0) is 6.61 Å². The largest absolute Gasteiger partial charge is 0.545 e. The Morgan fingerprint density at radius 1 is 1.23 bits per heavy atom. The lowest BCUT2D eigenvalue weighted by molar-refractivity contribution is -0.255.